The van der Waals surface area contributed by atoms with E-state index >= 15 is 0 Å². The fourth-order valence-electron chi connectivity index (χ4n) is 4.89. The Morgan fingerprint density at radius 3 is 2.83 bits per heavy atom. The molecule has 1 N–H and O–H groups in total. The van der Waals surface area contributed by atoms with Crippen LogP contribution in [0.5, 0.6) is 5.75 Å². The number of amides is 2. The number of piperazine rings is 1. The van der Waals surface area contributed by atoms with E-state index in [1.165, 1.54) is 11.3 Å². The minimum Gasteiger partial charge on any atom is -0.497 e. The van der Waals surface area contributed by atoms with Crippen molar-refractivity contribution in [3.05, 3.63) is 40.6 Å². The fraction of sp³-hybridized carbons (Fsp3) is 0.480. The molecule has 4 heterocycles. The highest BCUT2D eigenvalue weighted by Crippen LogP contribution is 2.37. The molecule has 0 radical (unpaired) electrons. The van der Waals surface area contributed by atoms with Crippen molar-refractivity contribution in [2.75, 3.05) is 49.6 Å². The maximum Gasteiger partial charge on any atom is 0.269 e. The van der Waals surface area contributed by atoms with Gasteiger partial charge in [0.2, 0.25) is 12.2 Å². The number of unbranched alkanes of at least 4 members (excludes halogenated alkanes) is 1. The van der Waals surface area contributed by atoms with Crippen LogP contribution in [0, 0.1) is 0 Å². The molecule has 0 spiro atoms. The van der Waals surface area contributed by atoms with Crippen LogP contribution in [0.4, 0.5) is 11.4 Å². The largest absolute Gasteiger partial charge is 0.497 e. The molecule has 3 aliphatic heterocycles. The third-order valence-electron chi connectivity index (χ3n) is 6.85. The second-order valence-corrected chi connectivity index (χ2v) is 9.87. The van der Waals surface area contributed by atoms with Gasteiger partial charge >= 0.3 is 0 Å². The van der Waals surface area contributed by atoms with E-state index in [-0.39, 0.29) is 18.1 Å². The van der Waals surface area contributed by atoms with E-state index in [1.54, 1.807) is 7.11 Å². The van der Waals surface area contributed by atoms with Crippen LogP contribution in [0.2, 0.25) is 0 Å². The fourth-order valence-corrected chi connectivity index (χ4v) is 5.72. The molecule has 5 rings (SSSR count). The molecule has 1 atom stereocenters. The zero-order valence-corrected chi connectivity index (χ0v) is 21.1. The maximum absolute atomic E-state index is 13.0. The number of ether oxygens (including phenoxy) is 1. The van der Waals surface area contributed by atoms with Gasteiger partial charge in [0.25, 0.3) is 5.91 Å². The zero-order valence-electron chi connectivity index (χ0n) is 20.3. The predicted octanol–water partition coefficient (Wildman–Crippen LogP) is 3.15. The quantitative estimate of drug-likeness (QED) is 0.605. The first kappa shape index (κ1) is 23.5. The number of carbonyl (C=O) groups excluding carboxylic acids is 2. The summed E-state index contributed by atoms with van der Waals surface area (Å²) in [4.78, 5) is 35.0. The summed E-state index contributed by atoms with van der Waals surface area (Å²) in [5, 5.41) is 6.50. The van der Waals surface area contributed by atoms with Crippen molar-refractivity contribution in [3.63, 3.8) is 0 Å². The molecule has 1 unspecified atom stereocenters. The van der Waals surface area contributed by atoms with Crippen LogP contribution in [0.3, 0.4) is 0 Å². The number of carbonyl (C=O) groups is 2. The normalized spacial score (nSPS) is 19.3. The van der Waals surface area contributed by atoms with E-state index in [9.17, 15) is 9.59 Å². The lowest BCUT2D eigenvalue weighted by Gasteiger charge is -2.40. The molecule has 186 valence electrons. The van der Waals surface area contributed by atoms with Crippen LogP contribution in [-0.2, 0) is 4.79 Å². The molecule has 1 saturated heterocycles. The van der Waals surface area contributed by atoms with Crippen molar-refractivity contribution in [2.24, 2.45) is 5.10 Å². The van der Waals surface area contributed by atoms with Gasteiger partial charge in [0.05, 0.1) is 12.8 Å². The highest BCUT2D eigenvalue weighted by molar-refractivity contribution is 7.12. The molecule has 1 aromatic heterocycles. The number of fused-ring (bicyclic) bond motifs is 3. The molecule has 0 bridgehead atoms. The van der Waals surface area contributed by atoms with Gasteiger partial charge in [-0.05, 0) is 30.0 Å². The summed E-state index contributed by atoms with van der Waals surface area (Å²) in [5.74, 6) is 1.85. The van der Waals surface area contributed by atoms with Gasteiger partial charge in [-0.2, -0.15) is 5.10 Å². The van der Waals surface area contributed by atoms with Gasteiger partial charge in [0, 0.05) is 57.3 Å². The molecule has 0 aliphatic carbocycles. The number of nitrogens with zero attached hydrogens (tertiary/aromatic N) is 5. The van der Waals surface area contributed by atoms with Crippen molar-refractivity contribution < 1.29 is 14.3 Å². The van der Waals surface area contributed by atoms with Crippen LogP contribution >= 0.6 is 11.3 Å². The summed E-state index contributed by atoms with van der Waals surface area (Å²) in [6.45, 7) is 5.78. The number of thiophene rings is 1. The van der Waals surface area contributed by atoms with Crippen LogP contribution in [0.1, 0.15) is 42.3 Å². The first-order chi connectivity index (χ1) is 17.1. The number of hydrazone groups is 1. The summed E-state index contributed by atoms with van der Waals surface area (Å²) < 4.78 is 5.34. The Balaban J connectivity index is 1.19. The lowest BCUT2D eigenvalue weighted by Crippen LogP contribution is -2.58. The van der Waals surface area contributed by atoms with Gasteiger partial charge in [-0.3, -0.25) is 24.8 Å². The first-order valence-electron chi connectivity index (χ1n) is 12.3. The maximum atomic E-state index is 13.0. The first-order valence-corrected chi connectivity index (χ1v) is 13.1. The molecular weight excluding hydrogens is 464 g/mol. The number of anilines is 2. The summed E-state index contributed by atoms with van der Waals surface area (Å²) in [5.41, 5.74) is 5.16. The zero-order chi connectivity index (χ0) is 24.4. The Kier molecular flexibility index (Phi) is 6.81. The molecule has 10 heteroatoms. The summed E-state index contributed by atoms with van der Waals surface area (Å²) in [6.07, 6.45) is 2.57. The SMILES string of the molecule is CCCCN1C(=O)c2sccc2N2C(CCC(=O)N3CCN(c4cccc(OC)c4)CC3)=NNC12. The van der Waals surface area contributed by atoms with Crippen molar-refractivity contribution in [1.29, 1.82) is 0 Å². The Morgan fingerprint density at radius 2 is 2.06 bits per heavy atom. The van der Waals surface area contributed by atoms with Crippen molar-refractivity contribution in [1.82, 2.24) is 15.2 Å². The average Bonchev–Trinajstić information content (AvgIpc) is 3.55. The van der Waals surface area contributed by atoms with E-state index in [4.69, 9.17) is 4.74 Å². The lowest BCUT2D eigenvalue weighted by atomic mass is 10.1. The van der Waals surface area contributed by atoms with Crippen LogP contribution in [0.25, 0.3) is 0 Å². The van der Waals surface area contributed by atoms with Gasteiger partial charge in [-0.15, -0.1) is 11.3 Å². The highest BCUT2D eigenvalue weighted by Gasteiger charge is 2.43. The topological polar surface area (TPSA) is 80.7 Å². The molecule has 0 saturated carbocycles. The number of methoxy groups -OCH3 is 1. The summed E-state index contributed by atoms with van der Waals surface area (Å²) in [7, 11) is 1.67. The molecule has 2 aromatic rings. The third kappa shape index (κ3) is 4.54. The second kappa shape index (κ2) is 10.2. The Morgan fingerprint density at radius 1 is 1.23 bits per heavy atom. The van der Waals surface area contributed by atoms with E-state index in [0.29, 0.717) is 32.5 Å². The van der Waals surface area contributed by atoms with E-state index in [0.717, 1.165) is 53.8 Å². The second-order valence-electron chi connectivity index (χ2n) is 8.96. The number of rotatable bonds is 8. The molecule has 35 heavy (non-hydrogen) atoms. The predicted molar refractivity (Wildman–Crippen MR) is 138 cm³/mol. The van der Waals surface area contributed by atoms with Crippen LogP contribution in [0.15, 0.2) is 40.8 Å². The van der Waals surface area contributed by atoms with Crippen molar-refractivity contribution in [3.8, 4) is 5.75 Å². The van der Waals surface area contributed by atoms with E-state index in [1.807, 2.05) is 39.4 Å². The van der Waals surface area contributed by atoms with Gasteiger partial charge in [0.1, 0.15) is 16.5 Å². The smallest absolute Gasteiger partial charge is 0.269 e. The average molecular weight is 497 g/mol. The van der Waals surface area contributed by atoms with E-state index < -0.39 is 0 Å². The summed E-state index contributed by atoms with van der Waals surface area (Å²) in [6, 6.07) is 10.0. The van der Waals surface area contributed by atoms with Gasteiger partial charge in [-0.1, -0.05) is 19.4 Å². The third-order valence-corrected chi connectivity index (χ3v) is 7.74. The number of amidine groups is 1. The van der Waals surface area contributed by atoms with Gasteiger partial charge in [-0.25, -0.2) is 0 Å². The highest BCUT2D eigenvalue weighted by atomic mass is 32.1. The lowest BCUT2D eigenvalue weighted by molar-refractivity contribution is -0.131. The molecule has 1 aromatic carbocycles. The van der Waals surface area contributed by atoms with Gasteiger partial charge < -0.3 is 14.5 Å². The Labute approximate surface area is 209 Å². The Hall–Kier alpha value is -3.27. The molecule has 3 aliphatic rings. The molecule has 2 amide bonds. The van der Waals surface area contributed by atoms with Gasteiger partial charge in [0.15, 0.2) is 0 Å². The Bertz CT molecular complexity index is 1110. The van der Waals surface area contributed by atoms with Crippen molar-refractivity contribution in [2.45, 2.75) is 38.9 Å². The molecular formula is C25H32N6O3S. The molecule has 9 nitrogen and oxygen atoms in total. The number of hydrogen-bond donors (Lipinski definition) is 1. The van der Waals surface area contributed by atoms with E-state index in [2.05, 4.69) is 33.3 Å². The minimum absolute atomic E-state index is 0.0543. The number of nitrogens with one attached hydrogen (secondary N) is 1. The number of hydrogen-bond acceptors (Lipinski definition) is 8. The minimum atomic E-state index is -0.312. The standard InChI is InChI=1S/C25H32N6O3S/c1-3-4-11-30-24(33)23-20(10-16-35-23)31-21(26-27-25(30)31)8-9-22(32)29-14-12-28(13-15-29)18-6-5-7-19(17-18)34-2/h5-7,10,16-17,25,27H,3-4,8-9,11-15H2,1-2H3. The monoisotopic (exact) mass is 496 g/mol. The van der Waals surface area contributed by atoms with Crippen LogP contribution in [-0.4, -0.2) is 73.6 Å². The number of benzene rings is 1. The molecule has 1 fully saturated rings. The van der Waals surface area contributed by atoms with Crippen molar-refractivity contribution >= 4 is 40.4 Å². The summed E-state index contributed by atoms with van der Waals surface area (Å²) >= 11 is 1.47. The van der Waals surface area contributed by atoms with Crippen LogP contribution < -0.4 is 20.0 Å².